The van der Waals surface area contributed by atoms with E-state index in [1.165, 1.54) is 12.8 Å². The number of hydrogen-bond donors (Lipinski definition) is 1. The predicted octanol–water partition coefficient (Wildman–Crippen LogP) is 4.60. The Kier molecular flexibility index (Phi) is 6.14. The van der Waals surface area contributed by atoms with Gasteiger partial charge in [0.05, 0.1) is 4.88 Å². The van der Waals surface area contributed by atoms with Crippen molar-refractivity contribution < 1.29 is 14.3 Å². The molecule has 2 aliphatic rings. The highest BCUT2D eigenvalue weighted by Crippen LogP contribution is 2.37. The molecule has 0 radical (unpaired) electrons. The molecule has 6 heteroatoms. The molecule has 3 rings (SSSR count). The van der Waals surface area contributed by atoms with Gasteiger partial charge in [-0.2, -0.15) is 0 Å². The van der Waals surface area contributed by atoms with Gasteiger partial charge in [0.1, 0.15) is 5.60 Å². The maximum absolute atomic E-state index is 12.5. The second kappa shape index (κ2) is 8.21. The summed E-state index contributed by atoms with van der Waals surface area (Å²) in [6.07, 6.45) is 5.20. The van der Waals surface area contributed by atoms with Crippen LogP contribution in [0.4, 0.5) is 4.79 Å². The predicted molar refractivity (Wildman–Crippen MR) is 108 cm³/mol. The smallest absolute Gasteiger partial charge is 0.410 e. The summed E-state index contributed by atoms with van der Waals surface area (Å²) in [7, 11) is 0. The molecule has 1 aliphatic heterocycles. The Balaban J connectivity index is 1.49. The molecule has 0 aromatic carbocycles. The van der Waals surface area contributed by atoms with Crippen molar-refractivity contribution in [2.75, 3.05) is 13.1 Å². The first-order valence-electron chi connectivity index (χ1n) is 10.1. The van der Waals surface area contributed by atoms with Crippen LogP contribution in [0, 0.1) is 18.8 Å². The van der Waals surface area contributed by atoms with E-state index in [0.717, 1.165) is 42.1 Å². The number of nitrogens with one attached hydrogen (secondary N) is 1. The van der Waals surface area contributed by atoms with E-state index < -0.39 is 5.60 Å². The number of piperidine rings is 1. The van der Waals surface area contributed by atoms with Crippen LogP contribution in [0.25, 0.3) is 0 Å². The lowest BCUT2D eigenvalue weighted by molar-refractivity contribution is 0.0177. The van der Waals surface area contributed by atoms with Crippen molar-refractivity contribution in [2.24, 2.45) is 11.8 Å². The molecule has 1 saturated carbocycles. The lowest BCUT2D eigenvalue weighted by atomic mass is 9.88. The van der Waals surface area contributed by atoms with Crippen LogP contribution in [0.1, 0.15) is 67.4 Å². The summed E-state index contributed by atoms with van der Waals surface area (Å²) in [4.78, 5) is 28.5. The maximum atomic E-state index is 12.5. The van der Waals surface area contributed by atoms with Crippen LogP contribution in [0.5, 0.6) is 0 Å². The van der Waals surface area contributed by atoms with E-state index in [9.17, 15) is 9.59 Å². The molecule has 1 aromatic rings. The van der Waals surface area contributed by atoms with E-state index in [1.807, 2.05) is 44.7 Å². The fraction of sp³-hybridized carbons (Fsp3) is 0.714. The maximum Gasteiger partial charge on any atom is 0.410 e. The normalized spacial score (nSPS) is 19.6. The van der Waals surface area contributed by atoms with E-state index >= 15 is 0 Å². The third-order valence-electron chi connectivity index (χ3n) is 5.33. The van der Waals surface area contributed by atoms with E-state index in [1.54, 1.807) is 11.3 Å². The highest BCUT2D eigenvalue weighted by atomic mass is 32.1. The molecule has 5 nitrogen and oxygen atoms in total. The van der Waals surface area contributed by atoms with Crippen molar-refractivity contribution in [3.63, 3.8) is 0 Å². The van der Waals surface area contributed by atoms with Crippen LogP contribution in [-0.4, -0.2) is 41.6 Å². The number of thiophene rings is 1. The third-order valence-corrected chi connectivity index (χ3v) is 6.32. The van der Waals surface area contributed by atoms with Gasteiger partial charge in [0.15, 0.2) is 0 Å². The lowest BCUT2D eigenvalue weighted by Gasteiger charge is -2.34. The van der Waals surface area contributed by atoms with Gasteiger partial charge in [-0.05, 0) is 83.8 Å². The Morgan fingerprint density at radius 2 is 1.89 bits per heavy atom. The molecule has 2 fully saturated rings. The molecule has 2 heterocycles. The lowest BCUT2D eigenvalue weighted by Crippen LogP contribution is -2.43. The number of aryl methyl sites for hydroxylation is 1. The first-order chi connectivity index (χ1) is 12.7. The average molecular weight is 393 g/mol. The van der Waals surface area contributed by atoms with Gasteiger partial charge in [-0.25, -0.2) is 4.79 Å². The molecule has 1 saturated heterocycles. The number of likely N-dealkylation sites (tertiary alicyclic amines) is 1. The zero-order valence-electron chi connectivity index (χ0n) is 16.9. The van der Waals surface area contributed by atoms with Gasteiger partial charge >= 0.3 is 6.09 Å². The summed E-state index contributed by atoms with van der Waals surface area (Å²) in [6.45, 7) is 9.21. The van der Waals surface area contributed by atoms with Gasteiger partial charge < -0.3 is 15.0 Å². The molecule has 1 N–H and O–H groups in total. The standard InChI is InChI=1S/C21H32N2O3S/c1-14-5-8-18(27-14)19(24)22-17(16-6-7-16)13-15-9-11-23(12-10-15)20(25)26-21(2,3)4/h5,8,15-17H,6-7,9-13H2,1-4H3,(H,22,24). The first-order valence-corrected chi connectivity index (χ1v) is 10.9. The van der Waals surface area contributed by atoms with Crippen LogP contribution in [0.15, 0.2) is 12.1 Å². The Hall–Kier alpha value is -1.56. The number of ether oxygens (including phenoxy) is 1. The van der Waals surface area contributed by atoms with E-state index in [0.29, 0.717) is 11.8 Å². The molecular weight excluding hydrogens is 360 g/mol. The van der Waals surface area contributed by atoms with E-state index in [2.05, 4.69) is 5.32 Å². The van der Waals surface area contributed by atoms with Crippen LogP contribution < -0.4 is 5.32 Å². The number of amides is 2. The number of nitrogens with zero attached hydrogens (tertiary/aromatic N) is 1. The monoisotopic (exact) mass is 392 g/mol. The minimum absolute atomic E-state index is 0.0659. The summed E-state index contributed by atoms with van der Waals surface area (Å²) < 4.78 is 5.48. The SMILES string of the molecule is Cc1ccc(C(=O)NC(CC2CCN(C(=O)OC(C)(C)C)CC2)C2CC2)s1. The Morgan fingerprint density at radius 3 is 2.41 bits per heavy atom. The third kappa shape index (κ3) is 5.96. The summed E-state index contributed by atoms with van der Waals surface area (Å²) in [5.74, 6) is 1.25. The zero-order valence-corrected chi connectivity index (χ0v) is 17.7. The molecule has 0 spiro atoms. The van der Waals surface area contributed by atoms with Gasteiger partial charge in [-0.1, -0.05) is 0 Å². The molecule has 2 amide bonds. The van der Waals surface area contributed by atoms with Crippen molar-refractivity contribution in [3.8, 4) is 0 Å². The second-order valence-electron chi connectivity index (χ2n) is 8.97. The molecule has 1 aliphatic carbocycles. The molecule has 0 bridgehead atoms. The van der Waals surface area contributed by atoms with Crippen LogP contribution in [0.3, 0.4) is 0 Å². The summed E-state index contributed by atoms with van der Waals surface area (Å²) in [5.41, 5.74) is -0.449. The van der Waals surface area contributed by atoms with Gasteiger partial charge in [0.25, 0.3) is 5.91 Å². The Labute approximate surface area is 166 Å². The molecule has 27 heavy (non-hydrogen) atoms. The van der Waals surface area contributed by atoms with Crippen LogP contribution >= 0.6 is 11.3 Å². The quantitative estimate of drug-likeness (QED) is 0.796. The van der Waals surface area contributed by atoms with Crippen molar-refractivity contribution in [2.45, 2.75) is 71.4 Å². The Morgan fingerprint density at radius 1 is 1.22 bits per heavy atom. The largest absolute Gasteiger partial charge is 0.444 e. The second-order valence-corrected chi connectivity index (χ2v) is 10.3. The first kappa shape index (κ1) is 20.2. The van der Waals surface area contributed by atoms with Gasteiger partial charge in [-0.3, -0.25) is 4.79 Å². The van der Waals surface area contributed by atoms with Gasteiger partial charge in [0.2, 0.25) is 0 Å². The topological polar surface area (TPSA) is 58.6 Å². The number of carbonyl (C=O) groups excluding carboxylic acids is 2. The zero-order chi connectivity index (χ0) is 19.6. The summed E-state index contributed by atoms with van der Waals surface area (Å²) >= 11 is 1.55. The number of hydrogen-bond acceptors (Lipinski definition) is 4. The highest BCUT2D eigenvalue weighted by molar-refractivity contribution is 7.13. The minimum Gasteiger partial charge on any atom is -0.444 e. The van der Waals surface area contributed by atoms with Crippen molar-refractivity contribution in [3.05, 3.63) is 21.9 Å². The summed E-state index contributed by atoms with van der Waals surface area (Å²) in [5, 5.41) is 3.29. The molecule has 1 unspecified atom stereocenters. The van der Waals surface area contributed by atoms with Crippen molar-refractivity contribution in [1.82, 2.24) is 10.2 Å². The minimum atomic E-state index is -0.449. The van der Waals surface area contributed by atoms with E-state index in [-0.39, 0.29) is 18.0 Å². The number of rotatable bonds is 5. The average Bonchev–Trinajstić information content (AvgIpc) is 3.34. The molecule has 1 aromatic heterocycles. The fourth-order valence-electron chi connectivity index (χ4n) is 3.70. The Bertz CT molecular complexity index is 667. The van der Waals surface area contributed by atoms with Crippen molar-refractivity contribution in [1.29, 1.82) is 0 Å². The van der Waals surface area contributed by atoms with Gasteiger partial charge in [-0.15, -0.1) is 11.3 Å². The fourth-order valence-corrected chi connectivity index (χ4v) is 4.47. The van der Waals surface area contributed by atoms with Crippen LogP contribution in [0.2, 0.25) is 0 Å². The van der Waals surface area contributed by atoms with E-state index in [4.69, 9.17) is 4.74 Å². The molecule has 150 valence electrons. The molecular formula is C21H32N2O3S. The highest BCUT2D eigenvalue weighted by Gasteiger charge is 2.35. The summed E-state index contributed by atoms with van der Waals surface area (Å²) in [6, 6.07) is 4.18. The van der Waals surface area contributed by atoms with Crippen molar-refractivity contribution >= 4 is 23.3 Å². The van der Waals surface area contributed by atoms with Crippen LogP contribution in [-0.2, 0) is 4.74 Å². The van der Waals surface area contributed by atoms with Gasteiger partial charge in [0, 0.05) is 24.0 Å². The number of carbonyl (C=O) groups is 2. The molecule has 1 atom stereocenters.